The van der Waals surface area contributed by atoms with Crippen molar-refractivity contribution in [1.29, 1.82) is 0 Å². The number of benzene rings is 1. The summed E-state index contributed by atoms with van der Waals surface area (Å²) >= 11 is 1.68. The van der Waals surface area contributed by atoms with E-state index >= 15 is 0 Å². The third-order valence-electron chi connectivity index (χ3n) is 4.00. The lowest BCUT2D eigenvalue weighted by Crippen LogP contribution is -2.39. The van der Waals surface area contributed by atoms with Gasteiger partial charge in [0.15, 0.2) is 5.96 Å². The minimum Gasteiger partial charge on any atom is -0.496 e. The number of ether oxygens (including phenoxy) is 1. The number of hydrogen-bond acceptors (Lipinski definition) is 4. The van der Waals surface area contributed by atoms with Gasteiger partial charge < -0.3 is 20.3 Å². The van der Waals surface area contributed by atoms with E-state index in [4.69, 9.17) is 4.74 Å². The summed E-state index contributed by atoms with van der Waals surface area (Å²) in [5.41, 5.74) is 2.35. The molecule has 0 bridgehead atoms. The minimum atomic E-state index is -0.0347. The third kappa shape index (κ3) is 6.94. The number of methoxy groups -OCH3 is 1. The van der Waals surface area contributed by atoms with Crippen LogP contribution in [0.4, 0.5) is 0 Å². The van der Waals surface area contributed by atoms with Gasteiger partial charge in [-0.05, 0) is 36.4 Å². The van der Waals surface area contributed by atoms with Crippen LogP contribution >= 0.6 is 11.3 Å². The number of rotatable bonds is 8. The number of aliphatic imine (C=N–C) groups is 1. The molecule has 0 saturated carbocycles. The van der Waals surface area contributed by atoms with Crippen molar-refractivity contribution in [3.63, 3.8) is 0 Å². The van der Waals surface area contributed by atoms with Crippen LogP contribution in [-0.4, -0.2) is 51.1 Å². The zero-order chi connectivity index (χ0) is 19.6. The van der Waals surface area contributed by atoms with Crippen LogP contribution in [0.3, 0.4) is 0 Å². The predicted octanol–water partition coefficient (Wildman–Crippen LogP) is 2.43. The number of likely N-dealkylation sites (N-methyl/N-ethyl adjacent to an activating group) is 1. The molecule has 6 nitrogen and oxygen atoms in total. The molecule has 1 aromatic heterocycles. The lowest BCUT2D eigenvalue weighted by atomic mass is 10.1. The van der Waals surface area contributed by atoms with Crippen molar-refractivity contribution in [2.45, 2.75) is 19.9 Å². The number of nitrogens with one attached hydrogen (secondary N) is 2. The van der Waals surface area contributed by atoms with E-state index in [0.717, 1.165) is 17.7 Å². The Morgan fingerprint density at radius 1 is 1.26 bits per heavy atom. The van der Waals surface area contributed by atoms with Gasteiger partial charge in [0.2, 0.25) is 5.91 Å². The second kappa shape index (κ2) is 10.6. The van der Waals surface area contributed by atoms with Gasteiger partial charge in [0, 0.05) is 25.5 Å². The molecule has 1 aromatic carbocycles. The Morgan fingerprint density at radius 2 is 2.07 bits per heavy atom. The molecule has 0 fully saturated rings. The van der Waals surface area contributed by atoms with Crippen molar-refractivity contribution < 1.29 is 9.53 Å². The number of guanidine groups is 1. The molecule has 0 atom stereocenters. The molecule has 0 aliphatic heterocycles. The van der Waals surface area contributed by atoms with Gasteiger partial charge in [-0.1, -0.05) is 23.8 Å². The smallest absolute Gasteiger partial charge is 0.243 e. The van der Waals surface area contributed by atoms with E-state index in [1.54, 1.807) is 32.5 Å². The van der Waals surface area contributed by atoms with E-state index in [1.165, 1.54) is 15.3 Å². The second-order valence-corrected chi connectivity index (χ2v) is 7.41. The first-order valence-corrected chi connectivity index (χ1v) is 9.75. The van der Waals surface area contributed by atoms with Gasteiger partial charge in [-0.3, -0.25) is 4.79 Å². The van der Waals surface area contributed by atoms with Crippen LogP contribution in [0.15, 0.2) is 40.7 Å². The Bertz CT molecular complexity index is 757. The van der Waals surface area contributed by atoms with E-state index in [2.05, 4.69) is 34.7 Å². The van der Waals surface area contributed by atoms with E-state index < -0.39 is 0 Å². The highest BCUT2D eigenvalue weighted by molar-refractivity contribution is 7.09. The second-order valence-electron chi connectivity index (χ2n) is 6.38. The summed E-state index contributed by atoms with van der Waals surface area (Å²) in [6.07, 6.45) is 0.798. The highest BCUT2D eigenvalue weighted by Gasteiger charge is 2.07. The van der Waals surface area contributed by atoms with Gasteiger partial charge in [0.1, 0.15) is 12.3 Å². The average Bonchev–Trinajstić information content (AvgIpc) is 3.16. The molecular weight excluding hydrogens is 360 g/mol. The first-order chi connectivity index (χ1) is 13.0. The minimum absolute atomic E-state index is 0.0347. The van der Waals surface area contributed by atoms with Crippen LogP contribution in [0.5, 0.6) is 5.75 Å². The van der Waals surface area contributed by atoms with Crippen LogP contribution < -0.4 is 15.4 Å². The fourth-order valence-electron chi connectivity index (χ4n) is 2.46. The van der Waals surface area contributed by atoms with Crippen LogP contribution in [0.1, 0.15) is 16.0 Å². The van der Waals surface area contributed by atoms with Gasteiger partial charge in [-0.15, -0.1) is 11.3 Å². The zero-order valence-electron chi connectivity index (χ0n) is 16.4. The molecule has 0 aliphatic carbocycles. The number of amides is 1. The molecule has 1 amide bonds. The van der Waals surface area contributed by atoms with Crippen molar-refractivity contribution >= 4 is 23.2 Å². The number of carbonyl (C=O) groups excluding carboxylic acids is 1. The number of nitrogens with zero attached hydrogens (tertiary/aromatic N) is 2. The maximum absolute atomic E-state index is 11.8. The topological polar surface area (TPSA) is 66.0 Å². The molecule has 0 saturated heterocycles. The molecule has 7 heteroatoms. The molecule has 1 heterocycles. The van der Waals surface area contributed by atoms with E-state index in [1.807, 2.05) is 23.6 Å². The molecule has 0 radical (unpaired) electrons. The highest BCUT2D eigenvalue weighted by Crippen LogP contribution is 2.19. The Morgan fingerprint density at radius 3 is 2.74 bits per heavy atom. The predicted molar refractivity (Wildman–Crippen MR) is 112 cm³/mol. The lowest BCUT2D eigenvalue weighted by molar-refractivity contribution is -0.127. The SMILES string of the molecule is COc1ccc(C)cc1CCNC(=NCC(=O)N(C)C)NCc1cccs1. The summed E-state index contributed by atoms with van der Waals surface area (Å²) in [6.45, 7) is 3.54. The molecule has 0 aliphatic rings. The maximum atomic E-state index is 11.8. The Kier molecular flexibility index (Phi) is 8.13. The Hall–Kier alpha value is -2.54. The zero-order valence-corrected chi connectivity index (χ0v) is 17.2. The van der Waals surface area contributed by atoms with Gasteiger partial charge in [0.25, 0.3) is 0 Å². The Labute approximate surface area is 165 Å². The largest absolute Gasteiger partial charge is 0.496 e. The van der Waals surface area contributed by atoms with Crippen LogP contribution in [0, 0.1) is 6.92 Å². The molecule has 27 heavy (non-hydrogen) atoms. The summed E-state index contributed by atoms with van der Waals surface area (Å²) in [5, 5.41) is 8.65. The fourth-order valence-corrected chi connectivity index (χ4v) is 3.11. The highest BCUT2D eigenvalue weighted by atomic mass is 32.1. The Balaban J connectivity index is 1.97. The summed E-state index contributed by atoms with van der Waals surface area (Å²) in [4.78, 5) is 19.0. The van der Waals surface area contributed by atoms with Gasteiger partial charge in [-0.2, -0.15) is 0 Å². The average molecular weight is 389 g/mol. The van der Waals surface area contributed by atoms with Gasteiger partial charge in [-0.25, -0.2) is 4.99 Å². The van der Waals surface area contributed by atoms with Gasteiger partial charge >= 0.3 is 0 Å². The molecular formula is C20H28N4O2S. The van der Waals surface area contributed by atoms with Crippen molar-refractivity contribution in [2.75, 3.05) is 34.3 Å². The monoisotopic (exact) mass is 388 g/mol. The van der Waals surface area contributed by atoms with Crippen molar-refractivity contribution in [2.24, 2.45) is 4.99 Å². The molecule has 2 rings (SSSR count). The first-order valence-electron chi connectivity index (χ1n) is 8.88. The summed E-state index contributed by atoms with van der Waals surface area (Å²) in [7, 11) is 5.14. The van der Waals surface area contributed by atoms with Crippen molar-refractivity contribution in [3.05, 3.63) is 51.7 Å². The van der Waals surface area contributed by atoms with Gasteiger partial charge in [0.05, 0.1) is 13.7 Å². The van der Waals surface area contributed by atoms with E-state index in [0.29, 0.717) is 19.0 Å². The summed E-state index contributed by atoms with van der Waals surface area (Å²) < 4.78 is 5.44. The normalized spacial score (nSPS) is 11.2. The molecule has 0 unspecified atom stereocenters. The fraction of sp³-hybridized carbons (Fsp3) is 0.400. The number of carbonyl (C=O) groups is 1. The third-order valence-corrected chi connectivity index (χ3v) is 4.88. The van der Waals surface area contributed by atoms with Crippen LogP contribution in [0.2, 0.25) is 0 Å². The number of thiophene rings is 1. The molecule has 146 valence electrons. The van der Waals surface area contributed by atoms with Crippen molar-refractivity contribution in [3.8, 4) is 5.75 Å². The van der Waals surface area contributed by atoms with Crippen molar-refractivity contribution in [1.82, 2.24) is 15.5 Å². The summed E-state index contributed by atoms with van der Waals surface area (Å²) in [5.74, 6) is 1.48. The number of hydrogen-bond donors (Lipinski definition) is 2. The first kappa shape index (κ1) is 20.8. The molecule has 0 spiro atoms. The standard InChI is InChI=1S/C20H28N4O2S/c1-15-7-8-18(26-4)16(12-15)9-10-21-20(23-14-19(25)24(2)3)22-13-17-6-5-11-27-17/h5-8,11-12H,9-10,13-14H2,1-4H3,(H2,21,22,23). The molecule has 2 aromatic rings. The van der Waals surface area contributed by atoms with Crippen LogP contribution in [0.25, 0.3) is 0 Å². The molecule has 2 N–H and O–H groups in total. The van der Waals surface area contributed by atoms with E-state index in [9.17, 15) is 4.79 Å². The lowest BCUT2D eigenvalue weighted by Gasteiger charge is -2.14. The van der Waals surface area contributed by atoms with E-state index in [-0.39, 0.29) is 12.5 Å². The van der Waals surface area contributed by atoms with Crippen LogP contribution in [-0.2, 0) is 17.8 Å². The quantitative estimate of drug-likeness (QED) is 0.538. The number of aryl methyl sites for hydroxylation is 1. The summed E-state index contributed by atoms with van der Waals surface area (Å²) in [6, 6.07) is 10.2. The maximum Gasteiger partial charge on any atom is 0.243 e.